The molecule has 0 unspecified atom stereocenters. The zero-order valence-corrected chi connectivity index (χ0v) is 11.7. The van der Waals surface area contributed by atoms with E-state index in [1.165, 1.54) is 5.56 Å². The van der Waals surface area contributed by atoms with Crippen molar-refractivity contribution in [1.82, 2.24) is 15.1 Å². The lowest BCUT2D eigenvalue weighted by molar-refractivity contribution is 0.191. The van der Waals surface area contributed by atoms with Gasteiger partial charge in [0, 0.05) is 52.2 Å². The SMILES string of the molecule is COCCCCn1cc(CNCCOC)c(C)n1. The number of methoxy groups -OCH3 is 2. The Labute approximate surface area is 109 Å². The van der Waals surface area contributed by atoms with Gasteiger partial charge in [-0.15, -0.1) is 0 Å². The van der Waals surface area contributed by atoms with Gasteiger partial charge in [0.1, 0.15) is 0 Å². The molecular weight excluding hydrogens is 230 g/mol. The molecule has 0 amide bonds. The summed E-state index contributed by atoms with van der Waals surface area (Å²) in [5.41, 5.74) is 2.37. The van der Waals surface area contributed by atoms with Gasteiger partial charge in [0.25, 0.3) is 0 Å². The highest BCUT2D eigenvalue weighted by molar-refractivity contribution is 5.14. The fourth-order valence-corrected chi connectivity index (χ4v) is 1.76. The summed E-state index contributed by atoms with van der Waals surface area (Å²) in [6, 6.07) is 0. The lowest BCUT2D eigenvalue weighted by atomic mass is 10.2. The van der Waals surface area contributed by atoms with E-state index in [9.17, 15) is 0 Å². The van der Waals surface area contributed by atoms with Crippen molar-refractivity contribution in [3.8, 4) is 0 Å². The maximum absolute atomic E-state index is 5.03. The average Bonchev–Trinajstić information content (AvgIpc) is 2.71. The Morgan fingerprint density at radius 2 is 2.00 bits per heavy atom. The van der Waals surface area contributed by atoms with E-state index in [1.54, 1.807) is 14.2 Å². The molecule has 0 aliphatic carbocycles. The monoisotopic (exact) mass is 255 g/mol. The molecule has 0 aromatic carbocycles. The molecule has 0 bridgehead atoms. The van der Waals surface area contributed by atoms with Crippen LogP contribution in [-0.4, -0.2) is 43.8 Å². The van der Waals surface area contributed by atoms with Crippen LogP contribution in [0.3, 0.4) is 0 Å². The highest BCUT2D eigenvalue weighted by Crippen LogP contribution is 2.06. The van der Waals surface area contributed by atoms with E-state index in [4.69, 9.17) is 9.47 Å². The van der Waals surface area contributed by atoms with E-state index in [-0.39, 0.29) is 0 Å². The lowest BCUT2D eigenvalue weighted by Gasteiger charge is -2.02. The molecule has 0 saturated carbocycles. The first-order chi connectivity index (χ1) is 8.77. The van der Waals surface area contributed by atoms with E-state index in [0.717, 1.165) is 51.4 Å². The molecule has 0 radical (unpaired) electrons. The first-order valence-corrected chi connectivity index (χ1v) is 6.49. The number of rotatable bonds is 10. The van der Waals surface area contributed by atoms with Gasteiger partial charge in [-0.05, 0) is 19.8 Å². The zero-order valence-electron chi connectivity index (χ0n) is 11.7. The molecule has 0 aliphatic heterocycles. The van der Waals surface area contributed by atoms with Crippen LogP contribution < -0.4 is 5.32 Å². The van der Waals surface area contributed by atoms with E-state index < -0.39 is 0 Å². The highest BCUT2D eigenvalue weighted by atomic mass is 16.5. The molecule has 1 aromatic heterocycles. The second kappa shape index (κ2) is 9.08. The van der Waals surface area contributed by atoms with E-state index in [0.29, 0.717) is 0 Å². The van der Waals surface area contributed by atoms with Crippen LogP contribution in [0.25, 0.3) is 0 Å². The number of aromatic nitrogens is 2. The Morgan fingerprint density at radius 1 is 1.22 bits per heavy atom. The van der Waals surface area contributed by atoms with Gasteiger partial charge in [-0.25, -0.2) is 0 Å². The first-order valence-electron chi connectivity index (χ1n) is 6.49. The van der Waals surface area contributed by atoms with Crippen LogP contribution in [-0.2, 0) is 22.6 Å². The van der Waals surface area contributed by atoms with E-state index >= 15 is 0 Å². The summed E-state index contributed by atoms with van der Waals surface area (Å²) in [5.74, 6) is 0. The van der Waals surface area contributed by atoms with Gasteiger partial charge in [-0.1, -0.05) is 0 Å². The number of unbranched alkanes of at least 4 members (excludes halogenated alkanes) is 1. The fourth-order valence-electron chi connectivity index (χ4n) is 1.76. The van der Waals surface area contributed by atoms with Crippen molar-refractivity contribution in [2.24, 2.45) is 0 Å². The topological polar surface area (TPSA) is 48.3 Å². The van der Waals surface area contributed by atoms with Gasteiger partial charge >= 0.3 is 0 Å². The van der Waals surface area contributed by atoms with Crippen LogP contribution in [0.15, 0.2) is 6.20 Å². The summed E-state index contributed by atoms with van der Waals surface area (Å²) in [7, 11) is 3.45. The quantitative estimate of drug-likeness (QED) is 0.641. The van der Waals surface area contributed by atoms with Crippen LogP contribution in [0.2, 0.25) is 0 Å². The van der Waals surface area contributed by atoms with E-state index in [2.05, 4.69) is 23.5 Å². The molecule has 0 aliphatic rings. The Kier molecular flexibility index (Phi) is 7.64. The molecule has 1 aromatic rings. The average molecular weight is 255 g/mol. The summed E-state index contributed by atoms with van der Waals surface area (Å²) < 4.78 is 12.1. The normalized spacial score (nSPS) is 11.1. The third-order valence-electron chi connectivity index (χ3n) is 2.83. The van der Waals surface area contributed by atoms with Gasteiger partial charge in [0.15, 0.2) is 0 Å². The fraction of sp³-hybridized carbons (Fsp3) is 0.769. The van der Waals surface area contributed by atoms with Gasteiger partial charge in [-0.2, -0.15) is 5.10 Å². The molecule has 0 spiro atoms. The smallest absolute Gasteiger partial charge is 0.0638 e. The number of aryl methyl sites for hydroxylation is 2. The predicted octanol–water partition coefficient (Wildman–Crippen LogP) is 1.35. The Bertz CT molecular complexity index is 326. The largest absolute Gasteiger partial charge is 0.385 e. The molecule has 0 saturated heterocycles. The molecule has 1 rings (SSSR count). The molecule has 0 fully saturated rings. The Hall–Kier alpha value is -0.910. The molecule has 104 valence electrons. The van der Waals surface area contributed by atoms with Crippen molar-refractivity contribution in [2.45, 2.75) is 32.9 Å². The van der Waals surface area contributed by atoms with Crippen LogP contribution in [0.1, 0.15) is 24.1 Å². The highest BCUT2D eigenvalue weighted by Gasteiger charge is 2.04. The molecule has 1 heterocycles. The number of hydrogen-bond donors (Lipinski definition) is 1. The number of hydrogen-bond acceptors (Lipinski definition) is 4. The second-order valence-corrected chi connectivity index (χ2v) is 4.37. The predicted molar refractivity (Wildman–Crippen MR) is 71.7 cm³/mol. The zero-order chi connectivity index (χ0) is 13.2. The number of nitrogens with one attached hydrogen (secondary N) is 1. The standard InChI is InChI=1S/C13H25N3O2/c1-12-13(10-14-6-9-18-3)11-16(15-12)7-4-5-8-17-2/h11,14H,4-10H2,1-3H3. The third-order valence-corrected chi connectivity index (χ3v) is 2.83. The summed E-state index contributed by atoms with van der Waals surface area (Å²) >= 11 is 0. The minimum Gasteiger partial charge on any atom is -0.385 e. The van der Waals surface area contributed by atoms with Gasteiger partial charge < -0.3 is 14.8 Å². The van der Waals surface area contributed by atoms with Gasteiger partial charge in [0.05, 0.1) is 12.3 Å². The van der Waals surface area contributed by atoms with Crippen LogP contribution in [0.5, 0.6) is 0 Å². The number of ether oxygens (including phenoxy) is 2. The minimum atomic E-state index is 0.740. The molecule has 18 heavy (non-hydrogen) atoms. The number of nitrogens with zero attached hydrogens (tertiary/aromatic N) is 2. The van der Waals surface area contributed by atoms with Crippen molar-refractivity contribution in [3.63, 3.8) is 0 Å². The Balaban J connectivity index is 2.29. The van der Waals surface area contributed by atoms with E-state index in [1.807, 2.05) is 4.68 Å². The molecule has 0 atom stereocenters. The van der Waals surface area contributed by atoms with Crippen LogP contribution in [0, 0.1) is 6.92 Å². The minimum absolute atomic E-state index is 0.740. The molecule has 5 heteroatoms. The maximum Gasteiger partial charge on any atom is 0.0638 e. The third kappa shape index (κ3) is 5.62. The summed E-state index contributed by atoms with van der Waals surface area (Å²) in [5, 5.41) is 7.85. The summed E-state index contributed by atoms with van der Waals surface area (Å²) in [4.78, 5) is 0. The summed E-state index contributed by atoms with van der Waals surface area (Å²) in [6.07, 6.45) is 4.31. The Morgan fingerprint density at radius 3 is 2.72 bits per heavy atom. The molecule has 5 nitrogen and oxygen atoms in total. The van der Waals surface area contributed by atoms with Crippen LogP contribution in [0.4, 0.5) is 0 Å². The van der Waals surface area contributed by atoms with Crippen molar-refractivity contribution >= 4 is 0 Å². The van der Waals surface area contributed by atoms with Crippen molar-refractivity contribution < 1.29 is 9.47 Å². The van der Waals surface area contributed by atoms with Crippen molar-refractivity contribution in [3.05, 3.63) is 17.5 Å². The molecule has 1 N–H and O–H groups in total. The maximum atomic E-state index is 5.03. The van der Waals surface area contributed by atoms with Gasteiger partial charge in [0.2, 0.25) is 0 Å². The molecular formula is C13H25N3O2. The van der Waals surface area contributed by atoms with Crippen molar-refractivity contribution in [2.75, 3.05) is 34.0 Å². The second-order valence-electron chi connectivity index (χ2n) is 4.37. The van der Waals surface area contributed by atoms with Crippen LogP contribution >= 0.6 is 0 Å². The van der Waals surface area contributed by atoms with Crippen molar-refractivity contribution in [1.29, 1.82) is 0 Å². The first kappa shape index (κ1) is 15.1. The van der Waals surface area contributed by atoms with Gasteiger partial charge in [-0.3, -0.25) is 4.68 Å². The summed E-state index contributed by atoms with van der Waals surface area (Å²) in [6.45, 7) is 6.30. The lowest BCUT2D eigenvalue weighted by Crippen LogP contribution is -2.18.